The molecule has 0 bridgehead atoms. The molecule has 1 unspecified atom stereocenters. The fraction of sp³-hybridized carbons (Fsp3) is 0.333. The summed E-state index contributed by atoms with van der Waals surface area (Å²) in [6, 6.07) is 23.5. The largest absolute Gasteiger partial charge is 0.352 e. The molecular formula is C30H32BrN3O4S. The van der Waals surface area contributed by atoms with Gasteiger partial charge in [-0.05, 0) is 41.7 Å². The fourth-order valence-electron chi connectivity index (χ4n) is 4.81. The van der Waals surface area contributed by atoms with Gasteiger partial charge in [0.1, 0.15) is 6.04 Å². The van der Waals surface area contributed by atoms with Gasteiger partial charge in [0, 0.05) is 41.4 Å². The minimum absolute atomic E-state index is 0.0389. The molecule has 1 fully saturated rings. The maximum atomic E-state index is 13.8. The van der Waals surface area contributed by atoms with Crippen molar-refractivity contribution in [3.05, 3.63) is 110 Å². The molecule has 39 heavy (non-hydrogen) atoms. The Hall–Kier alpha value is -3.17. The van der Waals surface area contributed by atoms with Crippen molar-refractivity contribution in [3.8, 4) is 0 Å². The van der Waals surface area contributed by atoms with Gasteiger partial charge in [0.15, 0.2) is 0 Å². The Balaban J connectivity index is 1.54. The Morgan fingerprint density at radius 1 is 0.974 bits per heavy atom. The van der Waals surface area contributed by atoms with Crippen LogP contribution in [0.5, 0.6) is 0 Å². The molecule has 7 nitrogen and oxygen atoms in total. The van der Waals surface area contributed by atoms with Gasteiger partial charge >= 0.3 is 0 Å². The summed E-state index contributed by atoms with van der Waals surface area (Å²) in [5.74, 6) is 0.484. The summed E-state index contributed by atoms with van der Waals surface area (Å²) in [6.07, 6.45) is 4.57. The Labute approximate surface area is 241 Å². The van der Waals surface area contributed by atoms with E-state index in [0.717, 1.165) is 46.8 Å². The quantitative estimate of drug-likeness (QED) is 0.192. The average molecular weight is 611 g/mol. The number of nitro groups is 1. The normalized spacial score (nSPS) is 14.1. The number of rotatable bonds is 12. The number of hydrogen-bond acceptors (Lipinski definition) is 5. The molecule has 3 aromatic carbocycles. The number of carbonyl (C=O) groups excluding carboxylic acids is 2. The second-order valence-electron chi connectivity index (χ2n) is 9.76. The van der Waals surface area contributed by atoms with Crippen LogP contribution >= 0.6 is 27.7 Å². The number of nitrogens with one attached hydrogen (secondary N) is 1. The molecule has 0 radical (unpaired) electrons. The number of halogens is 1. The van der Waals surface area contributed by atoms with Crippen LogP contribution in [0.1, 0.15) is 42.4 Å². The number of non-ortho nitro benzene ring substituents is 1. The highest BCUT2D eigenvalue weighted by Gasteiger charge is 2.32. The lowest BCUT2D eigenvalue weighted by atomic mass is 10.0. The van der Waals surface area contributed by atoms with Crippen molar-refractivity contribution in [2.45, 2.75) is 56.5 Å². The first-order valence-corrected chi connectivity index (χ1v) is 15.0. The van der Waals surface area contributed by atoms with Crippen LogP contribution in [0.3, 0.4) is 0 Å². The minimum atomic E-state index is -0.653. The van der Waals surface area contributed by atoms with Crippen LogP contribution < -0.4 is 5.32 Å². The maximum absolute atomic E-state index is 13.8. The van der Waals surface area contributed by atoms with E-state index in [1.54, 1.807) is 17.0 Å². The highest BCUT2D eigenvalue weighted by Crippen LogP contribution is 2.23. The number of nitro benzene ring substituents is 1. The molecule has 0 heterocycles. The third-order valence-corrected chi connectivity index (χ3v) is 8.34. The standard InChI is InChI=1S/C30H32BrN3O4S/c31-25-10-6-9-24(17-25)19-33(29(35)21-39-20-23-13-15-27(16-14-23)34(37)38)28(18-22-7-2-1-3-8-22)30(36)32-26-11-4-5-12-26/h1-3,6-10,13-17,26,28H,4-5,11-12,18-21H2,(H,32,36). The van der Waals surface area contributed by atoms with E-state index in [9.17, 15) is 19.7 Å². The Morgan fingerprint density at radius 3 is 2.33 bits per heavy atom. The summed E-state index contributed by atoms with van der Waals surface area (Å²) in [6.45, 7) is 0.311. The molecule has 1 N–H and O–H groups in total. The first-order chi connectivity index (χ1) is 18.9. The van der Waals surface area contributed by atoms with E-state index >= 15 is 0 Å². The van der Waals surface area contributed by atoms with Crippen LogP contribution in [0, 0.1) is 10.1 Å². The van der Waals surface area contributed by atoms with Gasteiger partial charge in [-0.2, -0.15) is 0 Å². The second kappa shape index (κ2) is 14.3. The van der Waals surface area contributed by atoms with Crippen molar-refractivity contribution < 1.29 is 14.5 Å². The lowest BCUT2D eigenvalue weighted by molar-refractivity contribution is -0.384. The zero-order valence-electron chi connectivity index (χ0n) is 21.6. The lowest BCUT2D eigenvalue weighted by Crippen LogP contribution is -2.52. The fourth-order valence-corrected chi connectivity index (χ4v) is 6.12. The van der Waals surface area contributed by atoms with Crippen LogP contribution in [0.2, 0.25) is 0 Å². The van der Waals surface area contributed by atoms with Crippen LogP contribution in [0.25, 0.3) is 0 Å². The Morgan fingerprint density at radius 2 is 1.67 bits per heavy atom. The van der Waals surface area contributed by atoms with Crippen LogP contribution in [0.15, 0.2) is 83.3 Å². The van der Waals surface area contributed by atoms with E-state index in [2.05, 4.69) is 21.2 Å². The summed E-state index contributed by atoms with van der Waals surface area (Å²) in [5, 5.41) is 14.2. The van der Waals surface area contributed by atoms with E-state index in [-0.39, 0.29) is 29.3 Å². The highest BCUT2D eigenvalue weighted by molar-refractivity contribution is 9.10. The topological polar surface area (TPSA) is 92.6 Å². The molecule has 0 saturated heterocycles. The molecule has 4 rings (SSSR count). The molecule has 3 aromatic rings. The molecule has 1 aliphatic rings. The number of thioether (sulfide) groups is 1. The van der Waals surface area contributed by atoms with E-state index < -0.39 is 11.0 Å². The summed E-state index contributed by atoms with van der Waals surface area (Å²) in [4.78, 5) is 39.7. The van der Waals surface area contributed by atoms with Gasteiger partial charge in [-0.1, -0.05) is 83.4 Å². The zero-order chi connectivity index (χ0) is 27.6. The Kier molecular flexibility index (Phi) is 10.6. The van der Waals surface area contributed by atoms with Gasteiger partial charge in [0.2, 0.25) is 11.8 Å². The van der Waals surface area contributed by atoms with Gasteiger partial charge in [-0.25, -0.2) is 0 Å². The van der Waals surface area contributed by atoms with Crippen LogP contribution in [-0.4, -0.2) is 39.5 Å². The first-order valence-electron chi connectivity index (χ1n) is 13.1. The van der Waals surface area contributed by atoms with E-state index in [1.807, 2.05) is 54.6 Å². The lowest BCUT2D eigenvalue weighted by Gasteiger charge is -2.32. The minimum Gasteiger partial charge on any atom is -0.352 e. The third-order valence-electron chi connectivity index (χ3n) is 6.86. The molecule has 204 valence electrons. The number of hydrogen-bond donors (Lipinski definition) is 1. The zero-order valence-corrected chi connectivity index (χ0v) is 24.0. The maximum Gasteiger partial charge on any atom is 0.269 e. The van der Waals surface area contributed by atoms with Gasteiger partial charge in [0.05, 0.1) is 10.7 Å². The summed E-state index contributed by atoms with van der Waals surface area (Å²) < 4.78 is 0.912. The highest BCUT2D eigenvalue weighted by atomic mass is 79.9. The number of amides is 2. The molecule has 1 aliphatic carbocycles. The summed E-state index contributed by atoms with van der Waals surface area (Å²) >= 11 is 4.96. The molecule has 0 spiro atoms. The molecule has 9 heteroatoms. The second-order valence-corrected chi connectivity index (χ2v) is 11.7. The molecule has 1 saturated carbocycles. The molecule has 2 amide bonds. The van der Waals surface area contributed by atoms with Crippen molar-refractivity contribution in [2.75, 3.05) is 5.75 Å². The monoisotopic (exact) mass is 609 g/mol. The van der Waals surface area contributed by atoms with Gasteiger partial charge in [-0.15, -0.1) is 11.8 Å². The Bertz CT molecular complexity index is 1270. The van der Waals surface area contributed by atoms with Crippen molar-refractivity contribution in [1.82, 2.24) is 10.2 Å². The SMILES string of the molecule is O=C(NC1CCCC1)C(Cc1ccccc1)N(Cc1cccc(Br)c1)C(=O)CSCc1ccc([N+](=O)[O-])cc1. The van der Waals surface area contributed by atoms with Gasteiger partial charge in [0.25, 0.3) is 5.69 Å². The smallest absolute Gasteiger partial charge is 0.269 e. The van der Waals surface area contributed by atoms with E-state index in [0.29, 0.717) is 18.7 Å². The van der Waals surface area contributed by atoms with E-state index in [1.165, 1.54) is 23.9 Å². The van der Waals surface area contributed by atoms with Crippen molar-refractivity contribution >= 4 is 45.2 Å². The van der Waals surface area contributed by atoms with Gasteiger partial charge in [-0.3, -0.25) is 19.7 Å². The van der Waals surface area contributed by atoms with Crippen LogP contribution in [0.4, 0.5) is 5.69 Å². The number of benzene rings is 3. The molecule has 0 aliphatic heterocycles. The molecule has 0 aromatic heterocycles. The number of carbonyl (C=O) groups is 2. The van der Waals surface area contributed by atoms with Crippen LogP contribution in [-0.2, 0) is 28.3 Å². The van der Waals surface area contributed by atoms with Gasteiger partial charge < -0.3 is 10.2 Å². The van der Waals surface area contributed by atoms with E-state index in [4.69, 9.17) is 0 Å². The molecule has 1 atom stereocenters. The van der Waals surface area contributed by atoms with Crippen molar-refractivity contribution in [2.24, 2.45) is 0 Å². The first kappa shape index (κ1) is 28.8. The van der Waals surface area contributed by atoms with Crippen molar-refractivity contribution in [1.29, 1.82) is 0 Å². The average Bonchev–Trinajstić information content (AvgIpc) is 3.44. The predicted octanol–water partition coefficient (Wildman–Crippen LogP) is 6.29. The molecular weight excluding hydrogens is 578 g/mol. The predicted molar refractivity (Wildman–Crippen MR) is 158 cm³/mol. The van der Waals surface area contributed by atoms with Crippen molar-refractivity contribution in [3.63, 3.8) is 0 Å². The third kappa shape index (κ3) is 8.66. The number of nitrogens with zero attached hydrogens (tertiary/aromatic N) is 2. The summed E-state index contributed by atoms with van der Waals surface area (Å²) in [5.41, 5.74) is 2.87. The summed E-state index contributed by atoms with van der Waals surface area (Å²) in [7, 11) is 0.